The van der Waals surface area contributed by atoms with Gasteiger partial charge < -0.3 is 0 Å². The van der Waals surface area contributed by atoms with Crippen LogP contribution in [0.25, 0.3) is 11.1 Å². The lowest BCUT2D eigenvalue weighted by molar-refractivity contribution is 0.483. The van der Waals surface area contributed by atoms with Crippen molar-refractivity contribution in [1.29, 1.82) is 0 Å². The number of rotatable bonds is 2. The molecule has 0 unspecified atom stereocenters. The molecule has 0 amide bonds. The molecule has 17 heavy (non-hydrogen) atoms. The van der Waals surface area contributed by atoms with Crippen molar-refractivity contribution >= 4 is 10.1 Å². The van der Waals surface area contributed by atoms with Gasteiger partial charge in [0, 0.05) is 18.0 Å². The first-order valence-corrected chi connectivity index (χ1v) is 6.41. The van der Waals surface area contributed by atoms with E-state index in [0.29, 0.717) is 5.56 Å². The third-order valence-electron chi connectivity index (χ3n) is 2.50. The van der Waals surface area contributed by atoms with Gasteiger partial charge in [0.1, 0.15) is 4.90 Å². The molecule has 0 radical (unpaired) electrons. The van der Waals surface area contributed by atoms with Gasteiger partial charge in [0.15, 0.2) is 0 Å². The Morgan fingerprint density at radius 3 is 2.47 bits per heavy atom. The third-order valence-corrected chi connectivity index (χ3v) is 3.38. The van der Waals surface area contributed by atoms with Gasteiger partial charge in [-0.05, 0) is 24.1 Å². The minimum atomic E-state index is -4.26. The molecule has 0 saturated heterocycles. The SMILES string of the molecule is Cc1ccccc1-c1ccncc1S(=O)(=O)O. The van der Waals surface area contributed by atoms with Crippen LogP contribution in [0.2, 0.25) is 0 Å². The molecule has 0 fully saturated rings. The predicted octanol–water partition coefficient (Wildman–Crippen LogP) is 2.30. The van der Waals surface area contributed by atoms with Crippen molar-refractivity contribution < 1.29 is 13.0 Å². The lowest BCUT2D eigenvalue weighted by atomic mass is 10.0. The normalized spacial score (nSPS) is 11.4. The highest BCUT2D eigenvalue weighted by Gasteiger charge is 2.17. The number of aryl methyl sites for hydroxylation is 1. The Hall–Kier alpha value is -1.72. The van der Waals surface area contributed by atoms with Crippen molar-refractivity contribution in [2.45, 2.75) is 11.8 Å². The predicted molar refractivity (Wildman–Crippen MR) is 64.2 cm³/mol. The largest absolute Gasteiger partial charge is 0.296 e. The minimum absolute atomic E-state index is 0.172. The van der Waals surface area contributed by atoms with Crippen molar-refractivity contribution in [3.63, 3.8) is 0 Å². The van der Waals surface area contributed by atoms with Crippen LogP contribution < -0.4 is 0 Å². The second kappa shape index (κ2) is 4.27. The van der Waals surface area contributed by atoms with Crippen LogP contribution in [0.4, 0.5) is 0 Å². The monoisotopic (exact) mass is 249 g/mol. The van der Waals surface area contributed by atoms with Crippen LogP contribution in [-0.4, -0.2) is 18.0 Å². The molecule has 88 valence electrons. The number of pyridine rings is 1. The van der Waals surface area contributed by atoms with E-state index in [-0.39, 0.29) is 4.90 Å². The zero-order chi connectivity index (χ0) is 12.5. The van der Waals surface area contributed by atoms with Crippen LogP contribution in [0.3, 0.4) is 0 Å². The highest BCUT2D eigenvalue weighted by Crippen LogP contribution is 2.28. The first kappa shape index (κ1) is 11.8. The Balaban J connectivity index is 2.74. The van der Waals surface area contributed by atoms with Crippen LogP contribution in [0.15, 0.2) is 47.6 Å². The van der Waals surface area contributed by atoms with E-state index in [1.54, 1.807) is 12.1 Å². The van der Waals surface area contributed by atoms with E-state index in [4.69, 9.17) is 4.55 Å². The summed E-state index contributed by atoms with van der Waals surface area (Å²) in [5.41, 5.74) is 2.16. The molecule has 0 atom stereocenters. The van der Waals surface area contributed by atoms with Crippen molar-refractivity contribution in [2.75, 3.05) is 0 Å². The van der Waals surface area contributed by atoms with E-state index in [2.05, 4.69) is 4.98 Å². The van der Waals surface area contributed by atoms with Crippen LogP contribution >= 0.6 is 0 Å². The van der Waals surface area contributed by atoms with Gasteiger partial charge in [-0.15, -0.1) is 0 Å². The fourth-order valence-electron chi connectivity index (χ4n) is 1.68. The lowest BCUT2D eigenvalue weighted by Crippen LogP contribution is -2.01. The highest BCUT2D eigenvalue weighted by molar-refractivity contribution is 7.86. The molecule has 1 heterocycles. The number of nitrogens with zero attached hydrogens (tertiary/aromatic N) is 1. The summed E-state index contributed by atoms with van der Waals surface area (Å²) < 4.78 is 31.7. The molecular formula is C12H11NO3S. The van der Waals surface area contributed by atoms with Crippen LogP contribution in [-0.2, 0) is 10.1 Å². The zero-order valence-electron chi connectivity index (χ0n) is 9.16. The second-order valence-corrected chi connectivity index (χ2v) is 5.05. The fraction of sp³-hybridized carbons (Fsp3) is 0.0833. The molecule has 2 rings (SSSR count). The zero-order valence-corrected chi connectivity index (χ0v) is 9.98. The first-order chi connectivity index (χ1) is 8.00. The molecule has 0 saturated carbocycles. The van der Waals surface area contributed by atoms with Gasteiger partial charge in [-0.1, -0.05) is 24.3 Å². The van der Waals surface area contributed by atoms with Gasteiger partial charge in [-0.3, -0.25) is 9.54 Å². The summed E-state index contributed by atoms with van der Waals surface area (Å²) in [5, 5.41) is 0. The summed E-state index contributed by atoms with van der Waals surface area (Å²) in [5.74, 6) is 0. The van der Waals surface area contributed by atoms with Gasteiger partial charge in [-0.25, -0.2) is 0 Å². The molecule has 0 spiro atoms. The molecule has 1 aromatic heterocycles. The molecule has 4 nitrogen and oxygen atoms in total. The van der Waals surface area contributed by atoms with Crippen molar-refractivity contribution in [3.05, 3.63) is 48.3 Å². The quantitative estimate of drug-likeness (QED) is 0.829. The Bertz CT molecular complexity index is 650. The molecule has 0 aliphatic rings. The van der Waals surface area contributed by atoms with E-state index in [1.165, 1.54) is 6.20 Å². The van der Waals surface area contributed by atoms with E-state index >= 15 is 0 Å². The summed E-state index contributed by atoms with van der Waals surface area (Å²) in [6.07, 6.45) is 2.65. The van der Waals surface area contributed by atoms with Gasteiger partial charge in [-0.2, -0.15) is 8.42 Å². The van der Waals surface area contributed by atoms with Gasteiger partial charge in [0.25, 0.3) is 10.1 Å². The lowest BCUT2D eigenvalue weighted by Gasteiger charge is -2.08. The van der Waals surface area contributed by atoms with Crippen molar-refractivity contribution in [3.8, 4) is 11.1 Å². The third kappa shape index (κ3) is 2.35. The van der Waals surface area contributed by atoms with Crippen LogP contribution in [0, 0.1) is 6.92 Å². The average Bonchev–Trinajstić information content (AvgIpc) is 2.28. The van der Waals surface area contributed by atoms with E-state index in [0.717, 1.165) is 17.3 Å². The second-order valence-electron chi connectivity index (χ2n) is 3.66. The molecule has 2 aromatic rings. The molecule has 5 heteroatoms. The number of hydrogen-bond donors (Lipinski definition) is 1. The standard InChI is InChI=1S/C12H11NO3S/c1-9-4-2-3-5-10(9)11-6-7-13-8-12(11)17(14,15)16/h2-8H,1H3,(H,14,15,16). The number of benzene rings is 1. The topological polar surface area (TPSA) is 67.3 Å². The Labute approximate surface area is 99.7 Å². The molecule has 1 N–H and O–H groups in total. The van der Waals surface area contributed by atoms with Crippen LogP contribution in [0.5, 0.6) is 0 Å². The number of aromatic nitrogens is 1. The Kier molecular flexibility index (Phi) is 2.95. The van der Waals surface area contributed by atoms with Crippen LogP contribution in [0.1, 0.15) is 5.56 Å². The van der Waals surface area contributed by atoms with E-state index < -0.39 is 10.1 Å². The maximum Gasteiger partial charge on any atom is 0.296 e. The summed E-state index contributed by atoms with van der Waals surface area (Å²) in [7, 11) is -4.26. The van der Waals surface area contributed by atoms with Gasteiger partial charge in [0.2, 0.25) is 0 Å². The maximum atomic E-state index is 11.3. The smallest absolute Gasteiger partial charge is 0.282 e. The van der Waals surface area contributed by atoms with E-state index in [9.17, 15) is 8.42 Å². The van der Waals surface area contributed by atoms with Crippen molar-refractivity contribution in [2.24, 2.45) is 0 Å². The van der Waals surface area contributed by atoms with Gasteiger partial charge >= 0.3 is 0 Å². The fourth-order valence-corrected chi connectivity index (χ4v) is 2.33. The molecule has 0 bridgehead atoms. The van der Waals surface area contributed by atoms with Gasteiger partial charge in [0.05, 0.1) is 0 Å². The molecule has 0 aliphatic carbocycles. The molecule has 0 aliphatic heterocycles. The highest BCUT2D eigenvalue weighted by atomic mass is 32.2. The Morgan fingerprint density at radius 2 is 1.82 bits per heavy atom. The minimum Gasteiger partial charge on any atom is -0.282 e. The molecule has 1 aromatic carbocycles. The summed E-state index contributed by atoms with van der Waals surface area (Å²) in [6, 6.07) is 8.94. The number of hydrogen-bond acceptors (Lipinski definition) is 3. The first-order valence-electron chi connectivity index (χ1n) is 4.97. The molecular weight excluding hydrogens is 238 g/mol. The van der Waals surface area contributed by atoms with E-state index in [1.807, 2.05) is 25.1 Å². The summed E-state index contributed by atoms with van der Waals surface area (Å²) in [4.78, 5) is 3.56. The average molecular weight is 249 g/mol. The summed E-state index contributed by atoms with van der Waals surface area (Å²) in [6.45, 7) is 1.88. The Morgan fingerprint density at radius 1 is 1.12 bits per heavy atom. The van der Waals surface area contributed by atoms with Crippen molar-refractivity contribution in [1.82, 2.24) is 4.98 Å². The maximum absolute atomic E-state index is 11.3. The summed E-state index contributed by atoms with van der Waals surface area (Å²) >= 11 is 0.